The molecular formula is C17H14BrClN2. The molecule has 4 heteroatoms. The highest BCUT2D eigenvalue weighted by molar-refractivity contribution is 9.10. The van der Waals surface area contributed by atoms with E-state index in [1.54, 1.807) is 0 Å². The molecule has 2 nitrogen and oxygen atoms in total. The monoisotopic (exact) mass is 360 g/mol. The minimum Gasteiger partial charge on any atom is -0.362 e. The van der Waals surface area contributed by atoms with Crippen molar-refractivity contribution < 1.29 is 0 Å². The number of aromatic nitrogens is 1. The van der Waals surface area contributed by atoms with Crippen molar-refractivity contribution in [2.75, 3.05) is 11.2 Å². The van der Waals surface area contributed by atoms with Gasteiger partial charge in [0, 0.05) is 27.3 Å². The van der Waals surface area contributed by atoms with E-state index >= 15 is 0 Å². The summed E-state index contributed by atoms with van der Waals surface area (Å²) in [6.07, 6.45) is 1.81. The van der Waals surface area contributed by atoms with Crippen molar-refractivity contribution >= 4 is 44.1 Å². The summed E-state index contributed by atoms with van der Waals surface area (Å²) in [5.41, 5.74) is 1.15. The van der Waals surface area contributed by atoms with Crippen LogP contribution in [0.25, 0.3) is 10.8 Å². The fraction of sp³-hybridized carbons (Fsp3) is 0.118. The van der Waals surface area contributed by atoms with Crippen LogP contribution in [0.3, 0.4) is 0 Å². The molecule has 0 aliphatic rings. The number of anilines is 1. The molecule has 0 radical (unpaired) electrons. The summed E-state index contributed by atoms with van der Waals surface area (Å²) in [6.45, 7) is 0. The van der Waals surface area contributed by atoms with Gasteiger partial charge in [-0.1, -0.05) is 58.4 Å². The Balaban J connectivity index is 1.99. The zero-order chi connectivity index (χ0) is 14.7. The number of nitrogens with zero attached hydrogens (tertiary/aromatic N) is 1. The normalized spacial score (nSPS) is 12.3. The molecule has 1 heterocycles. The van der Waals surface area contributed by atoms with Crippen molar-refractivity contribution in [3.8, 4) is 0 Å². The largest absolute Gasteiger partial charge is 0.362 e. The fourth-order valence-electron chi connectivity index (χ4n) is 2.35. The number of alkyl halides is 1. The number of rotatable bonds is 4. The Morgan fingerprint density at radius 2 is 1.81 bits per heavy atom. The second-order valence-corrected chi connectivity index (χ2v) is 5.92. The van der Waals surface area contributed by atoms with E-state index in [-0.39, 0.29) is 6.04 Å². The number of pyridine rings is 1. The van der Waals surface area contributed by atoms with E-state index in [0.29, 0.717) is 5.88 Å². The number of hydrogen-bond donors (Lipinski definition) is 1. The van der Waals surface area contributed by atoms with Gasteiger partial charge in [0.05, 0.1) is 6.04 Å². The van der Waals surface area contributed by atoms with Gasteiger partial charge in [-0.2, -0.15) is 0 Å². The van der Waals surface area contributed by atoms with E-state index < -0.39 is 0 Å². The van der Waals surface area contributed by atoms with Crippen LogP contribution >= 0.6 is 27.5 Å². The number of hydrogen-bond acceptors (Lipinski definition) is 2. The van der Waals surface area contributed by atoms with Gasteiger partial charge >= 0.3 is 0 Å². The van der Waals surface area contributed by atoms with Crippen LogP contribution in [-0.4, -0.2) is 10.9 Å². The van der Waals surface area contributed by atoms with Crippen LogP contribution in [0.2, 0.25) is 0 Å². The predicted octanol–water partition coefficient (Wildman–Crippen LogP) is 5.39. The van der Waals surface area contributed by atoms with E-state index in [2.05, 4.69) is 44.4 Å². The summed E-state index contributed by atoms with van der Waals surface area (Å²) in [5.74, 6) is 1.33. The van der Waals surface area contributed by atoms with Crippen molar-refractivity contribution in [1.82, 2.24) is 4.98 Å². The molecule has 1 atom stereocenters. The van der Waals surface area contributed by atoms with E-state index in [4.69, 9.17) is 11.6 Å². The zero-order valence-electron chi connectivity index (χ0n) is 11.3. The lowest BCUT2D eigenvalue weighted by Gasteiger charge is -2.18. The molecule has 1 aromatic heterocycles. The lowest BCUT2D eigenvalue weighted by atomic mass is 10.1. The van der Waals surface area contributed by atoms with Crippen LogP contribution in [0.1, 0.15) is 11.6 Å². The number of fused-ring (bicyclic) bond motifs is 1. The maximum atomic E-state index is 6.13. The number of benzene rings is 2. The molecular weight excluding hydrogens is 348 g/mol. The molecule has 21 heavy (non-hydrogen) atoms. The molecule has 2 aromatic carbocycles. The maximum Gasteiger partial charge on any atom is 0.134 e. The highest BCUT2D eigenvalue weighted by atomic mass is 79.9. The number of halogens is 2. The second-order valence-electron chi connectivity index (χ2n) is 4.76. The molecule has 0 saturated heterocycles. The topological polar surface area (TPSA) is 24.9 Å². The van der Waals surface area contributed by atoms with Crippen LogP contribution in [0.4, 0.5) is 5.82 Å². The lowest BCUT2D eigenvalue weighted by molar-refractivity contribution is 0.886. The SMILES string of the molecule is ClCC(Nc1nccc2c(Br)cccc12)c1ccccc1. The first-order chi connectivity index (χ1) is 10.3. The minimum atomic E-state index is 0.0324. The molecule has 3 aromatic rings. The van der Waals surface area contributed by atoms with Crippen molar-refractivity contribution in [2.45, 2.75) is 6.04 Å². The number of nitrogens with one attached hydrogen (secondary N) is 1. The second kappa shape index (κ2) is 6.46. The molecule has 0 fully saturated rings. The Morgan fingerprint density at radius 1 is 1.00 bits per heavy atom. The third-order valence-corrected chi connectivity index (χ3v) is 4.42. The van der Waals surface area contributed by atoms with Gasteiger partial charge in [-0.15, -0.1) is 11.6 Å². The molecule has 0 aliphatic carbocycles. The molecule has 1 unspecified atom stereocenters. The predicted molar refractivity (Wildman–Crippen MR) is 93.0 cm³/mol. The van der Waals surface area contributed by atoms with Crippen LogP contribution in [-0.2, 0) is 0 Å². The highest BCUT2D eigenvalue weighted by Crippen LogP contribution is 2.30. The van der Waals surface area contributed by atoms with Crippen molar-refractivity contribution in [3.05, 3.63) is 70.8 Å². The molecule has 3 rings (SSSR count). The molecule has 0 aliphatic heterocycles. The van der Waals surface area contributed by atoms with Gasteiger partial charge in [0.1, 0.15) is 5.82 Å². The van der Waals surface area contributed by atoms with Crippen molar-refractivity contribution in [2.24, 2.45) is 0 Å². The van der Waals surface area contributed by atoms with Crippen LogP contribution < -0.4 is 5.32 Å². The van der Waals surface area contributed by atoms with Crippen molar-refractivity contribution in [1.29, 1.82) is 0 Å². The average Bonchev–Trinajstić information content (AvgIpc) is 2.54. The van der Waals surface area contributed by atoms with Gasteiger partial charge in [0.2, 0.25) is 0 Å². The Kier molecular flexibility index (Phi) is 4.42. The van der Waals surface area contributed by atoms with Crippen molar-refractivity contribution in [3.63, 3.8) is 0 Å². The third-order valence-electron chi connectivity index (χ3n) is 3.42. The van der Waals surface area contributed by atoms with Gasteiger partial charge < -0.3 is 5.32 Å². The first-order valence-corrected chi connectivity index (χ1v) is 8.03. The first kappa shape index (κ1) is 14.4. The van der Waals surface area contributed by atoms with Gasteiger partial charge in [-0.3, -0.25) is 0 Å². The van der Waals surface area contributed by atoms with E-state index in [9.17, 15) is 0 Å². The lowest BCUT2D eigenvalue weighted by Crippen LogP contribution is -2.13. The fourth-order valence-corrected chi connectivity index (χ4v) is 3.10. The summed E-state index contributed by atoms with van der Waals surface area (Å²) < 4.78 is 1.06. The minimum absolute atomic E-state index is 0.0324. The Hall–Kier alpha value is -1.58. The maximum absolute atomic E-state index is 6.13. The summed E-state index contributed by atoms with van der Waals surface area (Å²) in [6, 6.07) is 18.3. The molecule has 1 N–H and O–H groups in total. The zero-order valence-corrected chi connectivity index (χ0v) is 13.6. The molecule has 0 saturated carbocycles. The first-order valence-electron chi connectivity index (χ1n) is 6.70. The molecule has 0 spiro atoms. The average molecular weight is 362 g/mol. The Morgan fingerprint density at radius 3 is 2.57 bits per heavy atom. The van der Waals surface area contributed by atoms with Crippen LogP contribution in [0.5, 0.6) is 0 Å². The van der Waals surface area contributed by atoms with E-state index in [1.807, 2.05) is 42.6 Å². The summed E-state index contributed by atoms with van der Waals surface area (Å²) in [4.78, 5) is 4.47. The van der Waals surface area contributed by atoms with E-state index in [0.717, 1.165) is 26.6 Å². The molecule has 0 bridgehead atoms. The smallest absolute Gasteiger partial charge is 0.134 e. The van der Waals surface area contributed by atoms with Gasteiger partial charge in [0.15, 0.2) is 0 Å². The molecule has 106 valence electrons. The quantitative estimate of drug-likeness (QED) is 0.630. The Labute approximate surface area is 137 Å². The summed E-state index contributed by atoms with van der Waals surface area (Å²) in [5, 5.41) is 5.67. The Bertz CT molecular complexity index is 746. The van der Waals surface area contributed by atoms with Gasteiger partial charge in [-0.05, 0) is 17.7 Å². The summed E-state index contributed by atoms with van der Waals surface area (Å²) >= 11 is 9.71. The van der Waals surface area contributed by atoms with Gasteiger partial charge in [0.25, 0.3) is 0 Å². The highest BCUT2D eigenvalue weighted by Gasteiger charge is 2.12. The third kappa shape index (κ3) is 3.04. The van der Waals surface area contributed by atoms with Crippen LogP contribution in [0.15, 0.2) is 65.3 Å². The summed E-state index contributed by atoms with van der Waals surface area (Å²) in [7, 11) is 0. The van der Waals surface area contributed by atoms with E-state index in [1.165, 1.54) is 0 Å². The van der Waals surface area contributed by atoms with Gasteiger partial charge in [-0.25, -0.2) is 4.98 Å². The standard InChI is InChI=1S/C17H14BrClN2/c18-15-8-4-7-14-13(15)9-10-20-17(14)21-16(11-19)12-5-2-1-3-6-12/h1-10,16H,11H2,(H,20,21). The molecule has 0 amide bonds. The van der Waals surface area contributed by atoms with Crippen LogP contribution in [0, 0.1) is 0 Å².